The van der Waals surface area contributed by atoms with Gasteiger partial charge in [-0.25, -0.2) is 9.79 Å². The zero-order valence-corrected chi connectivity index (χ0v) is 15.0. The van der Waals surface area contributed by atoms with Gasteiger partial charge in [-0.1, -0.05) is 28.1 Å². The van der Waals surface area contributed by atoms with Crippen LogP contribution in [0, 0.1) is 0 Å². The molecule has 6 nitrogen and oxygen atoms in total. The molecule has 1 heterocycles. The van der Waals surface area contributed by atoms with Crippen LogP contribution in [0.15, 0.2) is 56.8 Å². The summed E-state index contributed by atoms with van der Waals surface area (Å²) in [5.41, 5.74) is 0.854. The predicted molar refractivity (Wildman–Crippen MR) is 100 cm³/mol. The van der Waals surface area contributed by atoms with Crippen LogP contribution in [0.3, 0.4) is 0 Å². The molecule has 1 aliphatic heterocycles. The molecule has 0 bridgehead atoms. The number of hydrogen-bond acceptors (Lipinski definition) is 5. The molecule has 1 saturated heterocycles. The van der Waals surface area contributed by atoms with Crippen molar-refractivity contribution in [3.63, 3.8) is 0 Å². The highest BCUT2D eigenvalue weighted by atomic mass is 79.9. The number of carbonyl (C=O) groups is 2. The van der Waals surface area contributed by atoms with E-state index < -0.39 is 5.97 Å². The van der Waals surface area contributed by atoms with Gasteiger partial charge in [-0.2, -0.15) is 0 Å². The molecule has 0 saturated carbocycles. The fraction of sp³-hybridized carbons (Fsp3) is 0. The van der Waals surface area contributed by atoms with E-state index >= 15 is 0 Å². The van der Waals surface area contributed by atoms with Gasteiger partial charge in [0.05, 0.1) is 16.2 Å². The number of phenolic OH excluding ortho intramolecular Hbond substituents is 1. The zero-order valence-electron chi connectivity index (χ0n) is 12.6. The summed E-state index contributed by atoms with van der Waals surface area (Å²) in [5, 5.41) is 21.5. The van der Waals surface area contributed by atoms with E-state index in [4.69, 9.17) is 0 Å². The van der Waals surface area contributed by atoms with Gasteiger partial charge >= 0.3 is 5.97 Å². The Morgan fingerprint density at radius 3 is 2.76 bits per heavy atom. The second-order valence-corrected chi connectivity index (χ2v) is 6.99. The summed E-state index contributed by atoms with van der Waals surface area (Å²) in [6, 6.07) is 11.3. The third-order valence-corrected chi connectivity index (χ3v) is 4.63. The number of carboxylic acids is 1. The minimum atomic E-state index is -1.21. The molecule has 1 fully saturated rings. The highest BCUT2D eigenvalue weighted by Crippen LogP contribution is 2.30. The fourth-order valence-corrected chi connectivity index (χ4v) is 3.38. The van der Waals surface area contributed by atoms with Crippen LogP contribution in [-0.2, 0) is 4.79 Å². The lowest BCUT2D eigenvalue weighted by atomic mass is 10.2. The Balaban J connectivity index is 1.90. The molecule has 0 aliphatic carbocycles. The van der Waals surface area contributed by atoms with E-state index in [1.165, 1.54) is 12.1 Å². The standard InChI is InChI=1S/C17H11BrN2O4S/c18-10-3-1-2-9(6-10)7-14-15(22)20-17(25-14)19-13-5-4-11(21)8-12(13)16(23)24/h1-8,21H,(H,23,24)(H,19,20,22)/b14-7-. The number of nitrogens with zero attached hydrogens (tertiary/aromatic N) is 1. The van der Waals surface area contributed by atoms with Crippen LogP contribution >= 0.6 is 27.7 Å². The van der Waals surface area contributed by atoms with Crippen LogP contribution in [0.5, 0.6) is 5.75 Å². The first-order valence-corrected chi connectivity index (χ1v) is 8.65. The predicted octanol–water partition coefficient (Wildman–Crippen LogP) is 3.74. The molecule has 0 aromatic heterocycles. The number of carbonyl (C=O) groups excluding carboxylic acids is 1. The number of amidine groups is 1. The second kappa shape index (κ2) is 7.12. The normalized spacial score (nSPS) is 17.1. The second-order valence-electron chi connectivity index (χ2n) is 5.04. The molecule has 0 radical (unpaired) electrons. The Morgan fingerprint density at radius 2 is 2.04 bits per heavy atom. The molecule has 0 spiro atoms. The summed E-state index contributed by atoms with van der Waals surface area (Å²) in [6.07, 6.45) is 1.72. The van der Waals surface area contributed by atoms with Gasteiger partial charge in [-0.3, -0.25) is 4.79 Å². The quantitative estimate of drug-likeness (QED) is 0.659. The lowest BCUT2D eigenvalue weighted by Crippen LogP contribution is -2.19. The van der Waals surface area contributed by atoms with Gasteiger partial charge in [0.25, 0.3) is 5.91 Å². The average molecular weight is 419 g/mol. The molecule has 126 valence electrons. The summed E-state index contributed by atoms with van der Waals surface area (Å²) < 4.78 is 0.898. The van der Waals surface area contributed by atoms with Gasteiger partial charge < -0.3 is 15.5 Å². The van der Waals surface area contributed by atoms with Gasteiger partial charge in [0.2, 0.25) is 0 Å². The minimum Gasteiger partial charge on any atom is -0.508 e. The summed E-state index contributed by atoms with van der Waals surface area (Å²) in [5.74, 6) is -1.69. The summed E-state index contributed by atoms with van der Waals surface area (Å²) in [7, 11) is 0. The van der Waals surface area contributed by atoms with Crippen molar-refractivity contribution in [1.82, 2.24) is 5.32 Å². The van der Waals surface area contributed by atoms with Gasteiger partial charge in [0.1, 0.15) is 5.75 Å². The SMILES string of the molecule is O=C1NC(=Nc2ccc(O)cc2C(=O)O)S/C1=C\c1cccc(Br)c1. The molecule has 8 heteroatoms. The Morgan fingerprint density at radius 1 is 1.24 bits per heavy atom. The first-order valence-electron chi connectivity index (χ1n) is 7.04. The minimum absolute atomic E-state index is 0.147. The number of rotatable bonds is 3. The largest absolute Gasteiger partial charge is 0.508 e. The number of aliphatic imine (C=N–C) groups is 1. The molecule has 0 unspecified atom stereocenters. The summed E-state index contributed by atoms with van der Waals surface area (Å²) in [6.45, 7) is 0. The monoisotopic (exact) mass is 418 g/mol. The van der Waals surface area contributed by atoms with Crippen molar-refractivity contribution < 1.29 is 19.8 Å². The van der Waals surface area contributed by atoms with Gasteiger partial charge in [0.15, 0.2) is 5.17 Å². The van der Waals surface area contributed by atoms with Crippen LogP contribution in [0.2, 0.25) is 0 Å². The smallest absolute Gasteiger partial charge is 0.338 e. The number of phenols is 1. The van der Waals surface area contributed by atoms with E-state index in [1.807, 2.05) is 24.3 Å². The number of nitrogens with one attached hydrogen (secondary N) is 1. The lowest BCUT2D eigenvalue weighted by Gasteiger charge is -2.02. The lowest BCUT2D eigenvalue weighted by molar-refractivity contribution is -0.115. The molecule has 0 atom stereocenters. The Hall–Kier alpha value is -2.58. The van der Waals surface area contributed by atoms with E-state index in [9.17, 15) is 19.8 Å². The van der Waals surface area contributed by atoms with E-state index in [-0.39, 0.29) is 28.1 Å². The maximum absolute atomic E-state index is 12.1. The Labute approximate surface area is 155 Å². The molecule has 3 rings (SSSR count). The zero-order chi connectivity index (χ0) is 18.0. The van der Waals surface area contributed by atoms with Crippen molar-refractivity contribution in [3.05, 3.63) is 63.0 Å². The highest BCUT2D eigenvalue weighted by molar-refractivity contribution is 9.10. The fourth-order valence-electron chi connectivity index (χ4n) is 2.13. The van der Waals surface area contributed by atoms with E-state index in [2.05, 4.69) is 26.2 Å². The first-order chi connectivity index (χ1) is 11.9. The molecule has 2 aromatic carbocycles. The number of aromatic carboxylic acids is 1. The molecular weight excluding hydrogens is 408 g/mol. The number of carboxylic acid groups (broad SMARTS) is 1. The van der Waals surface area contributed by atoms with Crippen molar-refractivity contribution in [2.45, 2.75) is 0 Å². The summed E-state index contributed by atoms with van der Waals surface area (Å²) >= 11 is 4.49. The molecule has 1 amide bonds. The highest BCUT2D eigenvalue weighted by Gasteiger charge is 2.24. The molecular formula is C17H11BrN2O4S. The maximum Gasteiger partial charge on any atom is 0.338 e. The maximum atomic E-state index is 12.1. The van der Waals surface area contributed by atoms with Crippen molar-refractivity contribution in [2.24, 2.45) is 4.99 Å². The summed E-state index contributed by atoms with van der Waals surface area (Å²) in [4.78, 5) is 28.0. The van der Waals surface area contributed by atoms with Crippen LogP contribution in [-0.4, -0.2) is 27.3 Å². The third kappa shape index (κ3) is 4.09. The van der Waals surface area contributed by atoms with E-state index in [1.54, 1.807) is 6.08 Å². The van der Waals surface area contributed by atoms with E-state index in [0.717, 1.165) is 27.9 Å². The van der Waals surface area contributed by atoms with Crippen LogP contribution < -0.4 is 5.32 Å². The number of aromatic hydroxyl groups is 1. The number of halogens is 1. The van der Waals surface area contributed by atoms with Gasteiger partial charge in [-0.05, 0) is 53.7 Å². The van der Waals surface area contributed by atoms with Crippen LogP contribution in [0.25, 0.3) is 6.08 Å². The van der Waals surface area contributed by atoms with Crippen LogP contribution in [0.4, 0.5) is 5.69 Å². The Kier molecular flexibility index (Phi) is 4.91. The molecule has 1 aliphatic rings. The molecule has 25 heavy (non-hydrogen) atoms. The van der Waals surface area contributed by atoms with Crippen molar-refractivity contribution >= 4 is 56.5 Å². The van der Waals surface area contributed by atoms with E-state index in [0.29, 0.717) is 4.91 Å². The molecule has 2 aromatic rings. The number of hydrogen-bond donors (Lipinski definition) is 3. The van der Waals surface area contributed by atoms with Crippen LogP contribution in [0.1, 0.15) is 15.9 Å². The van der Waals surface area contributed by atoms with Crippen molar-refractivity contribution in [1.29, 1.82) is 0 Å². The van der Waals surface area contributed by atoms with Crippen molar-refractivity contribution in [3.8, 4) is 5.75 Å². The third-order valence-electron chi connectivity index (χ3n) is 3.23. The average Bonchev–Trinajstić information content (AvgIpc) is 2.88. The van der Waals surface area contributed by atoms with Gasteiger partial charge in [-0.15, -0.1) is 0 Å². The first kappa shape index (κ1) is 17.2. The topological polar surface area (TPSA) is 99.0 Å². The Bertz CT molecular complexity index is 940. The number of amides is 1. The number of benzene rings is 2. The molecule has 3 N–H and O–H groups in total. The van der Waals surface area contributed by atoms with Crippen molar-refractivity contribution in [2.75, 3.05) is 0 Å². The number of thioether (sulfide) groups is 1. The van der Waals surface area contributed by atoms with Gasteiger partial charge in [0, 0.05) is 4.47 Å².